The van der Waals surface area contributed by atoms with E-state index in [2.05, 4.69) is 10.6 Å². The first kappa shape index (κ1) is 21.3. The Morgan fingerprint density at radius 2 is 1.77 bits per heavy atom. The van der Waals surface area contributed by atoms with Gasteiger partial charge in [0.2, 0.25) is 5.91 Å². The summed E-state index contributed by atoms with van der Waals surface area (Å²) in [6, 6.07) is 11.6. The van der Waals surface area contributed by atoms with Crippen molar-refractivity contribution in [3.05, 3.63) is 65.5 Å². The second-order valence-corrected chi connectivity index (χ2v) is 6.91. The Labute approximate surface area is 174 Å². The highest BCUT2D eigenvalue weighted by atomic mass is 19.1. The van der Waals surface area contributed by atoms with E-state index in [-0.39, 0.29) is 30.8 Å². The van der Waals surface area contributed by atoms with Crippen LogP contribution in [0.5, 0.6) is 5.75 Å². The van der Waals surface area contributed by atoms with E-state index in [1.165, 1.54) is 31.4 Å². The molecule has 7 nitrogen and oxygen atoms in total. The lowest BCUT2D eigenvalue weighted by atomic mass is 10.1. The van der Waals surface area contributed by atoms with Crippen LogP contribution in [0.1, 0.15) is 33.6 Å². The fourth-order valence-corrected chi connectivity index (χ4v) is 3.44. The summed E-state index contributed by atoms with van der Waals surface area (Å²) in [5, 5.41) is 5.43. The molecule has 2 aromatic carbocycles. The Hall–Kier alpha value is -3.42. The number of hydrogen-bond acceptors (Lipinski definition) is 4. The molecule has 0 aromatic heterocycles. The molecule has 3 amide bonds. The van der Waals surface area contributed by atoms with E-state index < -0.39 is 11.9 Å². The van der Waals surface area contributed by atoms with Gasteiger partial charge >= 0.3 is 0 Å². The number of ether oxygens (including phenoxy) is 1. The van der Waals surface area contributed by atoms with Crippen LogP contribution in [-0.4, -0.2) is 55.4 Å². The Morgan fingerprint density at radius 3 is 2.50 bits per heavy atom. The molecule has 0 radical (unpaired) electrons. The number of nitrogens with zero attached hydrogens (tertiary/aromatic N) is 1. The lowest BCUT2D eigenvalue weighted by Crippen LogP contribution is -2.47. The van der Waals surface area contributed by atoms with E-state index in [1.807, 2.05) is 0 Å². The molecule has 1 aliphatic rings. The molecule has 0 bridgehead atoms. The third-order valence-electron chi connectivity index (χ3n) is 4.97. The van der Waals surface area contributed by atoms with Crippen molar-refractivity contribution in [2.75, 3.05) is 26.7 Å². The predicted molar refractivity (Wildman–Crippen MR) is 109 cm³/mol. The zero-order chi connectivity index (χ0) is 21.5. The molecule has 0 spiro atoms. The van der Waals surface area contributed by atoms with Crippen LogP contribution in [0.3, 0.4) is 0 Å². The van der Waals surface area contributed by atoms with Crippen LogP contribution in [-0.2, 0) is 4.79 Å². The largest absolute Gasteiger partial charge is 0.496 e. The molecule has 0 saturated carbocycles. The molecule has 2 N–H and O–H groups in total. The van der Waals surface area contributed by atoms with Gasteiger partial charge < -0.3 is 20.3 Å². The molecule has 1 atom stereocenters. The van der Waals surface area contributed by atoms with Crippen LogP contribution in [0.15, 0.2) is 48.5 Å². The summed E-state index contributed by atoms with van der Waals surface area (Å²) in [6.07, 6.45) is 1.31. The number of carbonyl (C=O) groups is 3. The summed E-state index contributed by atoms with van der Waals surface area (Å²) in [5.41, 5.74) is 0.762. The maximum atomic E-state index is 12.9. The quantitative estimate of drug-likeness (QED) is 0.680. The summed E-state index contributed by atoms with van der Waals surface area (Å²) in [5.74, 6) is -0.792. The number of rotatable bonds is 7. The van der Waals surface area contributed by atoms with Gasteiger partial charge in [0.15, 0.2) is 0 Å². The third kappa shape index (κ3) is 4.94. The molecular formula is C22H24FN3O4. The maximum Gasteiger partial charge on any atom is 0.258 e. The number of halogens is 1. The summed E-state index contributed by atoms with van der Waals surface area (Å²) in [7, 11) is 1.50. The number of benzene rings is 2. The number of methoxy groups -OCH3 is 1. The van der Waals surface area contributed by atoms with Crippen molar-refractivity contribution in [1.29, 1.82) is 0 Å². The minimum absolute atomic E-state index is 0.217. The summed E-state index contributed by atoms with van der Waals surface area (Å²) >= 11 is 0. The van der Waals surface area contributed by atoms with Crippen molar-refractivity contribution in [3.8, 4) is 5.75 Å². The highest BCUT2D eigenvalue weighted by Crippen LogP contribution is 2.25. The number of hydrogen-bond donors (Lipinski definition) is 2. The third-order valence-corrected chi connectivity index (χ3v) is 4.97. The molecule has 30 heavy (non-hydrogen) atoms. The summed E-state index contributed by atoms with van der Waals surface area (Å²) in [6.45, 7) is 0.935. The van der Waals surface area contributed by atoms with Crippen LogP contribution >= 0.6 is 0 Å². The van der Waals surface area contributed by atoms with E-state index in [9.17, 15) is 18.8 Å². The van der Waals surface area contributed by atoms with Gasteiger partial charge in [-0.25, -0.2) is 4.39 Å². The van der Waals surface area contributed by atoms with Gasteiger partial charge in [0.1, 0.15) is 17.6 Å². The smallest absolute Gasteiger partial charge is 0.258 e. The Balaban J connectivity index is 1.51. The zero-order valence-electron chi connectivity index (χ0n) is 16.7. The normalized spacial score (nSPS) is 15.5. The Morgan fingerprint density at radius 1 is 1.07 bits per heavy atom. The molecule has 0 aliphatic carbocycles. The SMILES string of the molecule is COc1ccccc1C(=O)N1CCC[C@@H]1C(=O)NCCNC(=O)c1ccc(F)cc1. The predicted octanol–water partition coefficient (Wildman–Crippen LogP) is 1.99. The molecule has 1 aliphatic heterocycles. The minimum Gasteiger partial charge on any atom is -0.496 e. The number of para-hydroxylation sites is 1. The van der Waals surface area contributed by atoms with Gasteiger partial charge in [0, 0.05) is 25.2 Å². The first-order chi connectivity index (χ1) is 14.5. The van der Waals surface area contributed by atoms with Gasteiger partial charge in [-0.3, -0.25) is 14.4 Å². The Kier molecular flexibility index (Phi) is 7.00. The van der Waals surface area contributed by atoms with E-state index in [0.29, 0.717) is 29.8 Å². The number of amides is 3. The number of nitrogens with one attached hydrogen (secondary N) is 2. The van der Waals surface area contributed by atoms with Gasteiger partial charge in [-0.15, -0.1) is 0 Å². The van der Waals surface area contributed by atoms with Crippen LogP contribution in [0.2, 0.25) is 0 Å². The molecule has 0 unspecified atom stereocenters. The molecule has 1 fully saturated rings. The van der Waals surface area contributed by atoms with Crippen molar-refractivity contribution in [2.45, 2.75) is 18.9 Å². The molecule has 158 valence electrons. The first-order valence-corrected chi connectivity index (χ1v) is 9.76. The maximum absolute atomic E-state index is 12.9. The molecule has 8 heteroatoms. The number of carbonyl (C=O) groups excluding carboxylic acids is 3. The molecular weight excluding hydrogens is 389 g/mol. The lowest BCUT2D eigenvalue weighted by molar-refractivity contribution is -0.124. The van der Waals surface area contributed by atoms with Crippen LogP contribution < -0.4 is 15.4 Å². The fraction of sp³-hybridized carbons (Fsp3) is 0.318. The van der Waals surface area contributed by atoms with Crippen molar-refractivity contribution >= 4 is 17.7 Å². The van der Waals surface area contributed by atoms with E-state index in [0.717, 1.165) is 6.42 Å². The highest BCUT2D eigenvalue weighted by molar-refractivity contribution is 6.00. The molecule has 2 aromatic rings. The minimum atomic E-state index is -0.560. The van der Waals surface area contributed by atoms with E-state index in [1.54, 1.807) is 29.2 Å². The average Bonchev–Trinajstić information content (AvgIpc) is 3.26. The standard InChI is InChI=1S/C22H24FN3O4/c1-30-19-7-3-2-5-17(19)22(29)26-14-4-6-18(26)21(28)25-13-12-24-20(27)15-8-10-16(23)11-9-15/h2-3,5,7-11,18H,4,6,12-14H2,1H3,(H,24,27)(H,25,28)/t18-/m1/s1. The van der Waals surface area contributed by atoms with Crippen molar-refractivity contribution in [2.24, 2.45) is 0 Å². The lowest BCUT2D eigenvalue weighted by Gasteiger charge is -2.24. The molecule has 3 rings (SSSR count). The Bertz CT molecular complexity index is 917. The highest BCUT2D eigenvalue weighted by Gasteiger charge is 2.35. The number of likely N-dealkylation sites (tertiary alicyclic amines) is 1. The monoisotopic (exact) mass is 413 g/mol. The van der Waals surface area contributed by atoms with Crippen molar-refractivity contribution in [1.82, 2.24) is 15.5 Å². The van der Waals surface area contributed by atoms with Gasteiger partial charge in [0.25, 0.3) is 11.8 Å². The van der Waals surface area contributed by atoms with E-state index >= 15 is 0 Å². The van der Waals surface area contributed by atoms with Gasteiger partial charge in [-0.2, -0.15) is 0 Å². The van der Waals surface area contributed by atoms with Gasteiger partial charge in [-0.05, 0) is 49.2 Å². The topological polar surface area (TPSA) is 87.7 Å². The van der Waals surface area contributed by atoms with Crippen molar-refractivity contribution < 1.29 is 23.5 Å². The second-order valence-electron chi connectivity index (χ2n) is 6.91. The van der Waals surface area contributed by atoms with Crippen LogP contribution in [0.25, 0.3) is 0 Å². The summed E-state index contributed by atoms with van der Waals surface area (Å²) in [4.78, 5) is 39.1. The van der Waals surface area contributed by atoms with Crippen LogP contribution in [0.4, 0.5) is 4.39 Å². The fourth-order valence-electron chi connectivity index (χ4n) is 3.44. The van der Waals surface area contributed by atoms with E-state index in [4.69, 9.17) is 4.74 Å². The zero-order valence-corrected chi connectivity index (χ0v) is 16.7. The van der Waals surface area contributed by atoms with Gasteiger partial charge in [-0.1, -0.05) is 12.1 Å². The summed E-state index contributed by atoms with van der Waals surface area (Å²) < 4.78 is 18.2. The molecule has 1 saturated heterocycles. The first-order valence-electron chi connectivity index (χ1n) is 9.76. The second kappa shape index (κ2) is 9.87. The van der Waals surface area contributed by atoms with Gasteiger partial charge in [0.05, 0.1) is 12.7 Å². The van der Waals surface area contributed by atoms with Crippen LogP contribution in [0, 0.1) is 5.82 Å². The average molecular weight is 413 g/mol. The van der Waals surface area contributed by atoms with Crippen molar-refractivity contribution in [3.63, 3.8) is 0 Å². The molecule has 1 heterocycles.